The van der Waals surface area contributed by atoms with Crippen LogP contribution in [0.3, 0.4) is 0 Å². The maximum absolute atomic E-state index is 13.9. The Morgan fingerprint density at radius 2 is 1.44 bits per heavy atom. The van der Waals surface area contributed by atoms with Crippen LogP contribution in [0.15, 0.2) is 106 Å². The number of rotatable bonds is 16. The minimum Gasteiger partial charge on any atom is -0.507 e. The van der Waals surface area contributed by atoms with Crippen molar-refractivity contribution in [2.24, 2.45) is 5.73 Å². The Hall–Kier alpha value is -3.79. The van der Waals surface area contributed by atoms with Crippen LogP contribution in [0.5, 0.6) is 0 Å². The Morgan fingerprint density at radius 3 is 2.10 bits per heavy atom. The Labute approximate surface area is 350 Å². The van der Waals surface area contributed by atoms with Crippen LogP contribution in [0.4, 0.5) is 0 Å². The molecule has 59 heavy (non-hydrogen) atoms. The molecular formula is C40H50Cl2N2O15. The first-order chi connectivity index (χ1) is 28.1. The van der Waals surface area contributed by atoms with Crippen molar-refractivity contribution in [3.63, 3.8) is 0 Å². The average Bonchev–Trinajstić information content (AvgIpc) is 3.59. The van der Waals surface area contributed by atoms with Gasteiger partial charge in [0.05, 0.1) is 25.7 Å². The van der Waals surface area contributed by atoms with E-state index in [-0.39, 0.29) is 0 Å². The third-order valence-electron chi connectivity index (χ3n) is 9.43. The largest absolute Gasteiger partial charge is 0.507 e. The SMILES string of the molecule is CO[C@H]1[C@H](O[C@@H]2CO[C@@H](O[C@@H]3[C@H](O)[C@H](O)CO[C@@H]3N3C(=O)/C(=C(O)/C=C/C=C/C=C/C=C/C=C(Cl)/C=C/C=C/C=C(/C)Cl)C(=O)[C@@H]3CC(N)=O)[C@@H](O)[C@@H]2O)O[C@H](C)[C@@H]1O. The normalized spacial score (nSPS) is 36.3. The van der Waals surface area contributed by atoms with Crippen LogP contribution >= 0.6 is 23.2 Å². The minimum absolute atomic E-state index is 0.406. The second kappa shape index (κ2) is 22.7. The number of nitrogens with two attached hydrogens (primary N) is 1. The summed E-state index contributed by atoms with van der Waals surface area (Å²) in [6, 6.07) is -1.63. The maximum atomic E-state index is 13.9. The average molecular weight is 870 g/mol. The van der Waals surface area contributed by atoms with Crippen molar-refractivity contribution >= 4 is 40.8 Å². The minimum atomic E-state index is -1.86. The molecule has 0 aliphatic carbocycles. The van der Waals surface area contributed by atoms with Crippen molar-refractivity contribution in [1.29, 1.82) is 0 Å². The zero-order valence-electron chi connectivity index (χ0n) is 32.3. The molecule has 13 atom stereocenters. The van der Waals surface area contributed by atoms with Crippen molar-refractivity contribution in [3.8, 4) is 0 Å². The molecule has 4 fully saturated rings. The summed E-state index contributed by atoms with van der Waals surface area (Å²) in [6.45, 7) is 2.39. The third kappa shape index (κ3) is 12.6. The smallest absolute Gasteiger partial charge is 0.264 e. The number of carbonyl (C=O) groups excluding carboxylic acids is 3. The van der Waals surface area contributed by atoms with E-state index in [1.807, 2.05) is 0 Å². The number of allylic oxidation sites excluding steroid dienone is 16. The van der Waals surface area contributed by atoms with Crippen LogP contribution in [0.25, 0.3) is 0 Å². The molecule has 17 nitrogen and oxygen atoms in total. The second-order valence-corrected chi connectivity index (χ2v) is 14.8. The summed E-state index contributed by atoms with van der Waals surface area (Å²) in [4.78, 5) is 40.3. The fourth-order valence-electron chi connectivity index (χ4n) is 6.39. The molecule has 4 heterocycles. The van der Waals surface area contributed by atoms with E-state index in [9.17, 15) is 45.0 Å². The first kappa shape index (κ1) is 47.9. The standard InChI is InChI=1S/C40H50Cl2N2O15/c1-21(41)14-10-9-12-16-23(42)15-11-7-5-4-6-8-13-17-25(45)29-31(49)24(18-28(43)47)44(37(29)53)38-35(32(50)26(46)19-55-38)59-39-34(52)33(51)27(20-56-39)58-40-36(54-3)30(48)22(2)57-40/h4-17,22,24,26-27,30,32-36,38-40,45-46,48,50-52H,18-20H2,1-3H3,(H2,43,47)/b5-4+,8-6+,10-9+,11-7+,16-12+,17-13+,21-14-,23-15-,29-25-/t22-,24+,26-,27-,30+,32-,33-,34+,35-,36-,38+,39+,40+/m1/s1. The number of halogens is 2. The van der Waals surface area contributed by atoms with Gasteiger partial charge in [0.15, 0.2) is 24.6 Å². The molecule has 4 aliphatic heterocycles. The highest BCUT2D eigenvalue weighted by Gasteiger charge is 2.56. The van der Waals surface area contributed by atoms with Crippen molar-refractivity contribution in [2.75, 3.05) is 20.3 Å². The lowest BCUT2D eigenvalue weighted by Crippen LogP contribution is -2.65. The molecule has 0 saturated carbocycles. The number of ether oxygens (including phenoxy) is 6. The van der Waals surface area contributed by atoms with Crippen LogP contribution in [-0.4, -0.2) is 153 Å². The monoisotopic (exact) mass is 868 g/mol. The van der Waals surface area contributed by atoms with Crippen LogP contribution in [0.1, 0.15) is 20.3 Å². The van der Waals surface area contributed by atoms with Gasteiger partial charge < -0.3 is 64.8 Å². The van der Waals surface area contributed by atoms with E-state index in [1.165, 1.54) is 19.3 Å². The van der Waals surface area contributed by atoms with Crippen LogP contribution < -0.4 is 5.73 Å². The van der Waals surface area contributed by atoms with E-state index in [2.05, 4.69) is 0 Å². The van der Waals surface area contributed by atoms with Gasteiger partial charge in [-0.15, -0.1) is 0 Å². The van der Waals surface area contributed by atoms with Gasteiger partial charge in [0.1, 0.15) is 66.2 Å². The fourth-order valence-corrected chi connectivity index (χ4v) is 6.61. The molecule has 4 rings (SSSR count). The molecule has 0 unspecified atom stereocenters. The highest BCUT2D eigenvalue weighted by Crippen LogP contribution is 2.35. The van der Waals surface area contributed by atoms with E-state index in [1.54, 1.807) is 80.7 Å². The number of hydrogen-bond acceptors (Lipinski definition) is 15. The van der Waals surface area contributed by atoms with E-state index < -0.39 is 128 Å². The Morgan fingerprint density at radius 1 is 0.814 bits per heavy atom. The number of ketones is 1. The quantitative estimate of drug-likeness (QED) is 0.0496. The molecule has 0 radical (unpaired) electrons. The molecule has 0 spiro atoms. The number of aliphatic hydroxyl groups excluding tert-OH is 6. The summed E-state index contributed by atoms with van der Waals surface area (Å²) in [5.41, 5.74) is 4.71. The molecule has 4 aliphatic rings. The lowest BCUT2D eigenvalue weighted by Gasteiger charge is -2.46. The predicted molar refractivity (Wildman–Crippen MR) is 212 cm³/mol. The van der Waals surface area contributed by atoms with Gasteiger partial charge in [-0.05, 0) is 38.2 Å². The molecule has 0 aromatic carbocycles. The van der Waals surface area contributed by atoms with Crippen molar-refractivity contribution in [1.82, 2.24) is 4.90 Å². The summed E-state index contributed by atoms with van der Waals surface area (Å²) >= 11 is 11.9. The fraction of sp³-hybridized carbons (Fsp3) is 0.475. The van der Waals surface area contributed by atoms with Gasteiger partial charge in [-0.1, -0.05) is 84.0 Å². The third-order valence-corrected chi connectivity index (χ3v) is 9.81. The Bertz CT molecular complexity index is 1770. The summed E-state index contributed by atoms with van der Waals surface area (Å²) in [7, 11) is 1.34. The summed E-state index contributed by atoms with van der Waals surface area (Å²) < 4.78 is 33.7. The second-order valence-electron chi connectivity index (χ2n) is 13.7. The van der Waals surface area contributed by atoms with Gasteiger partial charge in [-0.3, -0.25) is 19.3 Å². The number of primary amides is 1. The number of methoxy groups -OCH3 is 1. The number of carbonyl (C=O) groups is 3. The lowest BCUT2D eigenvalue weighted by atomic mass is 10.0. The van der Waals surface area contributed by atoms with Gasteiger partial charge in [-0.25, -0.2) is 0 Å². The van der Waals surface area contributed by atoms with Crippen LogP contribution in [0.2, 0.25) is 0 Å². The number of hydrogen-bond donors (Lipinski definition) is 7. The molecule has 4 saturated heterocycles. The van der Waals surface area contributed by atoms with E-state index in [0.29, 0.717) is 10.1 Å². The van der Waals surface area contributed by atoms with Crippen molar-refractivity contribution < 1.29 is 73.4 Å². The number of Topliss-reactive ketones (excluding diaryl/α,β-unsaturated/α-hetero) is 1. The molecule has 0 aromatic rings. The van der Waals surface area contributed by atoms with Gasteiger partial charge in [0.25, 0.3) is 5.91 Å². The maximum Gasteiger partial charge on any atom is 0.264 e. The van der Waals surface area contributed by atoms with Crippen LogP contribution in [-0.2, 0) is 42.8 Å². The van der Waals surface area contributed by atoms with E-state index in [4.69, 9.17) is 57.4 Å². The molecule has 0 bridgehead atoms. The molecule has 8 N–H and O–H groups in total. The number of aliphatic hydroxyl groups is 6. The summed E-state index contributed by atoms with van der Waals surface area (Å²) in [6.07, 6.45) is 4.97. The van der Waals surface area contributed by atoms with Gasteiger partial charge >= 0.3 is 0 Å². The highest BCUT2D eigenvalue weighted by molar-refractivity contribution is 6.31. The molecular weight excluding hydrogens is 819 g/mol. The zero-order valence-corrected chi connectivity index (χ0v) is 33.9. The van der Waals surface area contributed by atoms with E-state index in [0.717, 1.165) is 11.0 Å². The van der Waals surface area contributed by atoms with Gasteiger partial charge in [0.2, 0.25) is 5.91 Å². The van der Waals surface area contributed by atoms with Crippen LogP contribution in [0, 0.1) is 0 Å². The summed E-state index contributed by atoms with van der Waals surface area (Å²) in [5.74, 6) is -3.84. The van der Waals surface area contributed by atoms with Gasteiger partial charge in [-0.2, -0.15) is 0 Å². The lowest BCUT2D eigenvalue weighted by molar-refractivity contribution is -0.338. The Kier molecular flexibility index (Phi) is 18.4. The molecule has 0 aromatic heterocycles. The topological polar surface area (TPSA) is 257 Å². The van der Waals surface area contributed by atoms with Gasteiger partial charge in [0, 0.05) is 17.2 Å². The number of amides is 2. The highest BCUT2D eigenvalue weighted by atomic mass is 35.5. The number of likely N-dealkylation sites (tertiary alicyclic amines) is 1. The first-order valence-electron chi connectivity index (χ1n) is 18.5. The van der Waals surface area contributed by atoms with Crippen molar-refractivity contribution in [3.05, 3.63) is 106 Å². The predicted octanol–water partition coefficient (Wildman–Crippen LogP) is 1.10. The van der Waals surface area contributed by atoms with E-state index >= 15 is 0 Å². The summed E-state index contributed by atoms with van der Waals surface area (Å²) in [5, 5.41) is 65.8. The zero-order chi connectivity index (χ0) is 43.4. The number of nitrogens with zero attached hydrogens (tertiary/aromatic N) is 1. The molecule has 19 heteroatoms. The van der Waals surface area contributed by atoms with Crippen molar-refractivity contribution in [2.45, 2.75) is 100 Å². The molecule has 2 amide bonds. The molecule has 324 valence electrons. The Balaban J connectivity index is 1.45. The first-order valence-corrected chi connectivity index (χ1v) is 19.2.